The maximum Gasteiger partial charge on any atom is 0.398 e. The molecule has 0 heterocycles. The molecule has 1 aliphatic rings. The maximum atomic E-state index is 12.2. The van der Waals surface area contributed by atoms with E-state index in [-0.39, 0.29) is 5.41 Å². The van der Waals surface area contributed by atoms with Crippen LogP contribution < -0.4 is 5.32 Å². The Labute approximate surface area is 122 Å². The fourth-order valence-electron chi connectivity index (χ4n) is 2.94. The van der Waals surface area contributed by atoms with Crippen LogP contribution >= 0.6 is 11.8 Å². The predicted octanol–water partition coefficient (Wildman–Crippen LogP) is 4.44. The van der Waals surface area contributed by atoms with Gasteiger partial charge < -0.3 is 5.32 Å². The third-order valence-electron chi connectivity index (χ3n) is 4.30. The number of nitrogens with one attached hydrogen (secondary N) is 1. The molecule has 2 unspecified atom stereocenters. The highest BCUT2D eigenvalue weighted by Crippen LogP contribution is 2.52. The van der Waals surface area contributed by atoms with Gasteiger partial charge in [-0.3, -0.25) is 0 Å². The van der Waals surface area contributed by atoms with Crippen molar-refractivity contribution in [1.29, 1.82) is 0 Å². The average molecular weight is 303 g/mol. The van der Waals surface area contributed by atoms with Crippen LogP contribution in [0.25, 0.3) is 0 Å². The van der Waals surface area contributed by atoms with Crippen LogP contribution in [0.3, 0.4) is 0 Å². The van der Waals surface area contributed by atoms with Crippen molar-refractivity contribution in [3.05, 3.63) is 29.8 Å². The lowest BCUT2D eigenvalue weighted by atomic mass is 9.56. The van der Waals surface area contributed by atoms with Gasteiger partial charge in [0.25, 0.3) is 0 Å². The first kappa shape index (κ1) is 15.7. The molecular formula is C15H20F3NS. The first-order chi connectivity index (χ1) is 9.24. The van der Waals surface area contributed by atoms with Crippen molar-refractivity contribution in [2.45, 2.75) is 43.3 Å². The van der Waals surface area contributed by atoms with Crippen LogP contribution in [-0.2, 0) is 0 Å². The van der Waals surface area contributed by atoms with E-state index in [9.17, 15) is 13.2 Å². The van der Waals surface area contributed by atoms with Gasteiger partial charge in [-0.25, -0.2) is 0 Å². The van der Waals surface area contributed by atoms with Crippen molar-refractivity contribution >= 4 is 11.8 Å². The summed E-state index contributed by atoms with van der Waals surface area (Å²) in [6, 6.07) is 8.05. The molecule has 2 rings (SSSR count). The van der Waals surface area contributed by atoms with E-state index in [1.54, 1.807) is 12.1 Å². The third kappa shape index (κ3) is 3.31. The molecule has 1 aromatic rings. The molecule has 1 saturated carbocycles. The van der Waals surface area contributed by atoms with Crippen LogP contribution in [-0.4, -0.2) is 25.0 Å². The molecule has 0 radical (unpaired) electrons. The normalized spacial score (nSPS) is 25.3. The summed E-state index contributed by atoms with van der Waals surface area (Å²) >= 11 is 0.841. The van der Waals surface area contributed by atoms with Gasteiger partial charge in [-0.2, -0.15) is 13.2 Å². The van der Waals surface area contributed by atoms with Crippen molar-refractivity contribution in [2.24, 2.45) is 5.41 Å². The number of thioether (sulfide) groups is 1. The molecule has 1 aliphatic carbocycles. The van der Waals surface area contributed by atoms with E-state index in [2.05, 4.69) is 19.2 Å². The number of hydrogen-bond acceptors (Lipinski definition) is 2. The predicted molar refractivity (Wildman–Crippen MR) is 77.2 cm³/mol. The molecular weight excluding hydrogens is 283 g/mol. The Kier molecular flexibility index (Phi) is 4.40. The molecule has 0 aromatic heterocycles. The van der Waals surface area contributed by atoms with Gasteiger partial charge in [0.15, 0.2) is 0 Å². The van der Waals surface area contributed by atoms with E-state index >= 15 is 0 Å². The van der Waals surface area contributed by atoms with Gasteiger partial charge in [0.1, 0.15) is 0 Å². The summed E-state index contributed by atoms with van der Waals surface area (Å²) in [5, 5.41) is 3.31. The van der Waals surface area contributed by atoms with Gasteiger partial charge in [-0.05, 0) is 42.5 Å². The van der Waals surface area contributed by atoms with E-state index in [4.69, 9.17) is 0 Å². The summed E-state index contributed by atoms with van der Waals surface area (Å²) in [4.78, 5) is 0.674. The topological polar surface area (TPSA) is 12.0 Å². The Bertz CT molecular complexity index is 453. The second-order valence-corrected chi connectivity index (χ2v) is 6.97. The van der Waals surface area contributed by atoms with Gasteiger partial charge in [0.2, 0.25) is 0 Å². The highest BCUT2D eigenvalue weighted by Gasteiger charge is 2.47. The van der Waals surface area contributed by atoms with E-state index in [1.807, 2.05) is 19.2 Å². The number of alkyl halides is 3. The molecule has 1 aromatic carbocycles. The van der Waals surface area contributed by atoms with Crippen molar-refractivity contribution in [3.8, 4) is 0 Å². The molecule has 20 heavy (non-hydrogen) atoms. The van der Waals surface area contributed by atoms with Gasteiger partial charge in [-0.1, -0.05) is 26.0 Å². The average Bonchev–Trinajstić information content (AvgIpc) is 2.36. The summed E-state index contributed by atoms with van der Waals surface area (Å²) in [5.41, 5.74) is 1.41. The smallest absolute Gasteiger partial charge is 0.316 e. The molecule has 1 N–H and O–H groups in total. The largest absolute Gasteiger partial charge is 0.398 e. The Balaban J connectivity index is 1.99. The molecule has 1 fully saturated rings. The van der Waals surface area contributed by atoms with Crippen LogP contribution in [0.15, 0.2) is 29.2 Å². The Morgan fingerprint density at radius 1 is 1.25 bits per heavy atom. The molecule has 1 nitrogen and oxygen atoms in total. The maximum absolute atomic E-state index is 12.2. The number of benzene rings is 1. The van der Waals surface area contributed by atoms with Crippen LogP contribution in [0.4, 0.5) is 13.2 Å². The zero-order valence-corrected chi connectivity index (χ0v) is 12.7. The molecule has 112 valence electrons. The summed E-state index contributed by atoms with van der Waals surface area (Å²) in [7, 11) is 1.97. The second-order valence-electron chi connectivity index (χ2n) is 5.92. The fourth-order valence-corrected chi connectivity index (χ4v) is 3.60. The van der Waals surface area contributed by atoms with Crippen molar-refractivity contribution in [2.75, 3.05) is 12.8 Å². The van der Waals surface area contributed by atoms with E-state index in [1.165, 1.54) is 5.56 Å². The number of hydrogen-bond donors (Lipinski definition) is 1. The Hall–Kier alpha value is -0.680. The minimum absolute atomic E-state index is 0.190. The van der Waals surface area contributed by atoms with Crippen LogP contribution in [0, 0.1) is 5.41 Å². The zero-order chi connectivity index (χ0) is 15.0. The standard InChI is InChI=1S/C15H20F3NS/c1-14(2)12(8-13(14)19-3)10-4-6-11(7-5-10)20-9-15(16,17)18/h4-7,12-13,19H,8-9H2,1-3H3. The Morgan fingerprint density at radius 3 is 2.30 bits per heavy atom. The SMILES string of the molecule is CNC1CC(c2ccc(SCC(F)(F)F)cc2)C1(C)C. The molecule has 0 amide bonds. The summed E-state index contributed by atoms with van der Waals surface area (Å²) in [6.07, 6.45) is -3.03. The molecule has 0 aliphatic heterocycles. The van der Waals surface area contributed by atoms with Crippen LogP contribution in [0.1, 0.15) is 31.7 Å². The molecule has 5 heteroatoms. The minimum Gasteiger partial charge on any atom is -0.316 e. The number of rotatable bonds is 4. The summed E-state index contributed by atoms with van der Waals surface area (Å²) in [6.45, 7) is 4.46. The van der Waals surface area contributed by atoms with Gasteiger partial charge in [-0.15, -0.1) is 11.8 Å². The zero-order valence-electron chi connectivity index (χ0n) is 11.9. The highest BCUT2D eigenvalue weighted by atomic mass is 32.2. The quantitative estimate of drug-likeness (QED) is 0.825. The lowest BCUT2D eigenvalue weighted by Gasteiger charge is -2.52. The Morgan fingerprint density at radius 2 is 1.85 bits per heavy atom. The second kappa shape index (κ2) is 5.60. The van der Waals surface area contributed by atoms with Crippen LogP contribution in [0.2, 0.25) is 0 Å². The lowest BCUT2D eigenvalue weighted by molar-refractivity contribution is -0.105. The molecule has 2 atom stereocenters. The van der Waals surface area contributed by atoms with E-state index in [0.717, 1.165) is 18.2 Å². The summed E-state index contributed by atoms with van der Waals surface area (Å²) in [5.74, 6) is -0.357. The van der Waals surface area contributed by atoms with Gasteiger partial charge >= 0.3 is 6.18 Å². The monoisotopic (exact) mass is 303 g/mol. The molecule has 0 spiro atoms. The van der Waals surface area contributed by atoms with E-state index in [0.29, 0.717) is 16.9 Å². The lowest BCUT2D eigenvalue weighted by Crippen LogP contribution is -2.54. The highest BCUT2D eigenvalue weighted by molar-refractivity contribution is 7.99. The van der Waals surface area contributed by atoms with Gasteiger partial charge in [0, 0.05) is 10.9 Å². The van der Waals surface area contributed by atoms with Gasteiger partial charge in [0.05, 0.1) is 5.75 Å². The van der Waals surface area contributed by atoms with Crippen molar-refractivity contribution in [1.82, 2.24) is 5.32 Å². The third-order valence-corrected chi connectivity index (χ3v) is 5.38. The van der Waals surface area contributed by atoms with Crippen molar-refractivity contribution < 1.29 is 13.2 Å². The summed E-state index contributed by atoms with van der Waals surface area (Å²) < 4.78 is 36.5. The molecule has 0 saturated heterocycles. The molecule has 0 bridgehead atoms. The number of halogens is 3. The first-order valence-electron chi connectivity index (χ1n) is 6.71. The first-order valence-corrected chi connectivity index (χ1v) is 7.69. The van der Waals surface area contributed by atoms with Crippen LogP contribution in [0.5, 0.6) is 0 Å². The fraction of sp³-hybridized carbons (Fsp3) is 0.600. The van der Waals surface area contributed by atoms with Crippen molar-refractivity contribution in [3.63, 3.8) is 0 Å². The van der Waals surface area contributed by atoms with E-state index < -0.39 is 11.9 Å². The minimum atomic E-state index is -4.11.